The Balaban J connectivity index is 1.53. The molecule has 0 bridgehead atoms. The van der Waals surface area contributed by atoms with Gasteiger partial charge in [0, 0.05) is 0 Å². The Kier molecular flexibility index (Phi) is 4.04. The number of carbonyl (C=O) groups excluding carboxylic acids is 1. The molecule has 0 spiro atoms. The molecule has 1 fully saturated rings. The molecular weight excluding hydrogens is 294 g/mol. The highest BCUT2D eigenvalue weighted by Gasteiger charge is 2.33. The number of carbonyl (C=O) groups is 1. The Labute approximate surface area is 142 Å². The number of hydrogen-bond donors (Lipinski definition) is 1. The van der Waals surface area contributed by atoms with Crippen molar-refractivity contribution in [1.82, 2.24) is 5.32 Å². The molecule has 0 radical (unpaired) electrons. The third kappa shape index (κ3) is 3.18. The van der Waals surface area contributed by atoms with E-state index in [-0.39, 0.29) is 11.9 Å². The minimum Gasteiger partial charge on any atom is -0.349 e. The molecule has 1 N–H and O–H groups in total. The summed E-state index contributed by atoms with van der Waals surface area (Å²) >= 11 is 0. The van der Waals surface area contributed by atoms with Gasteiger partial charge in [0.05, 0.1) is 12.5 Å². The largest absolute Gasteiger partial charge is 0.349 e. The molecule has 2 heteroatoms. The lowest BCUT2D eigenvalue weighted by Crippen LogP contribution is -2.31. The quantitative estimate of drug-likeness (QED) is 0.729. The average Bonchev–Trinajstić information content (AvgIpc) is 3.46. The van der Waals surface area contributed by atoms with E-state index in [1.807, 2.05) is 36.4 Å². The van der Waals surface area contributed by atoms with E-state index in [0.717, 1.165) is 10.9 Å². The van der Waals surface area contributed by atoms with Gasteiger partial charge in [-0.15, -0.1) is 0 Å². The minimum absolute atomic E-state index is 0.104. The molecule has 0 heterocycles. The van der Waals surface area contributed by atoms with Gasteiger partial charge in [0.1, 0.15) is 0 Å². The first kappa shape index (κ1) is 14.9. The molecule has 0 saturated heterocycles. The van der Waals surface area contributed by atoms with Crippen LogP contribution in [0, 0.1) is 5.92 Å². The zero-order valence-electron chi connectivity index (χ0n) is 13.6. The summed E-state index contributed by atoms with van der Waals surface area (Å²) in [5, 5.41) is 5.62. The van der Waals surface area contributed by atoms with Crippen LogP contribution in [0.5, 0.6) is 0 Å². The second-order valence-corrected chi connectivity index (χ2v) is 6.61. The Morgan fingerprint density at radius 2 is 1.62 bits per heavy atom. The molecule has 120 valence electrons. The van der Waals surface area contributed by atoms with Crippen LogP contribution in [-0.2, 0) is 11.2 Å². The Hall–Kier alpha value is -2.61. The van der Waals surface area contributed by atoms with Crippen molar-refractivity contribution in [3.8, 4) is 0 Å². The van der Waals surface area contributed by atoms with E-state index in [0.29, 0.717) is 12.3 Å². The van der Waals surface area contributed by atoms with Crippen molar-refractivity contribution in [2.45, 2.75) is 25.3 Å². The van der Waals surface area contributed by atoms with E-state index in [2.05, 4.69) is 41.7 Å². The standard InChI is InChI=1S/C22H21NO/c24-21(15-19-11-6-10-16-7-4-5-12-20(16)19)23-22(18-13-14-18)17-8-2-1-3-9-17/h1-12,18,22H,13-15H2,(H,23,24). The van der Waals surface area contributed by atoms with Crippen molar-refractivity contribution >= 4 is 16.7 Å². The first-order valence-corrected chi connectivity index (χ1v) is 8.62. The predicted octanol–water partition coefficient (Wildman–Crippen LogP) is 4.65. The van der Waals surface area contributed by atoms with Crippen molar-refractivity contribution < 1.29 is 4.79 Å². The lowest BCUT2D eigenvalue weighted by Gasteiger charge is -2.19. The van der Waals surface area contributed by atoms with Crippen molar-refractivity contribution in [2.75, 3.05) is 0 Å². The molecule has 3 aromatic carbocycles. The van der Waals surface area contributed by atoms with Gasteiger partial charge in [-0.2, -0.15) is 0 Å². The number of benzene rings is 3. The maximum absolute atomic E-state index is 12.7. The van der Waals surface area contributed by atoms with Crippen LogP contribution in [0.2, 0.25) is 0 Å². The molecule has 1 saturated carbocycles. The van der Waals surface area contributed by atoms with Crippen molar-refractivity contribution in [3.05, 3.63) is 83.9 Å². The summed E-state index contributed by atoms with van der Waals surface area (Å²) in [6.07, 6.45) is 2.83. The highest BCUT2D eigenvalue weighted by Crippen LogP contribution is 2.41. The van der Waals surface area contributed by atoms with Gasteiger partial charge in [0.15, 0.2) is 0 Å². The highest BCUT2D eigenvalue weighted by molar-refractivity contribution is 5.90. The molecule has 1 amide bonds. The summed E-state index contributed by atoms with van der Waals surface area (Å²) in [5.41, 5.74) is 2.31. The fourth-order valence-electron chi connectivity index (χ4n) is 3.41. The van der Waals surface area contributed by atoms with Crippen LogP contribution in [-0.4, -0.2) is 5.91 Å². The SMILES string of the molecule is O=C(Cc1cccc2ccccc12)NC(c1ccccc1)C1CC1. The molecule has 0 aromatic heterocycles. The maximum atomic E-state index is 12.7. The fourth-order valence-corrected chi connectivity index (χ4v) is 3.41. The summed E-state index contributed by atoms with van der Waals surface area (Å²) in [6.45, 7) is 0. The Morgan fingerprint density at radius 3 is 2.42 bits per heavy atom. The summed E-state index contributed by atoms with van der Waals surface area (Å²) in [5.74, 6) is 0.691. The summed E-state index contributed by atoms with van der Waals surface area (Å²) < 4.78 is 0. The zero-order valence-corrected chi connectivity index (χ0v) is 13.6. The van der Waals surface area contributed by atoms with Crippen LogP contribution in [0.15, 0.2) is 72.8 Å². The van der Waals surface area contributed by atoms with Crippen molar-refractivity contribution in [1.29, 1.82) is 0 Å². The van der Waals surface area contributed by atoms with Gasteiger partial charge in [-0.25, -0.2) is 0 Å². The van der Waals surface area contributed by atoms with Crippen LogP contribution in [0.4, 0.5) is 0 Å². The fraction of sp³-hybridized carbons (Fsp3) is 0.227. The topological polar surface area (TPSA) is 29.1 Å². The van der Waals surface area contributed by atoms with E-state index < -0.39 is 0 Å². The lowest BCUT2D eigenvalue weighted by molar-refractivity contribution is -0.121. The molecule has 1 aliphatic carbocycles. The maximum Gasteiger partial charge on any atom is 0.224 e. The van der Waals surface area contributed by atoms with E-state index in [9.17, 15) is 4.79 Å². The summed E-state index contributed by atoms with van der Waals surface area (Å²) in [4.78, 5) is 12.7. The number of amides is 1. The van der Waals surface area contributed by atoms with Crippen LogP contribution >= 0.6 is 0 Å². The smallest absolute Gasteiger partial charge is 0.224 e. The molecule has 3 aromatic rings. The first-order chi connectivity index (χ1) is 11.8. The van der Waals surface area contributed by atoms with Gasteiger partial charge >= 0.3 is 0 Å². The van der Waals surface area contributed by atoms with Crippen LogP contribution in [0.3, 0.4) is 0 Å². The zero-order chi connectivity index (χ0) is 16.4. The monoisotopic (exact) mass is 315 g/mol. The minimum atomic E-state index is 0.104. The van der Waals surface area contributed by atoms with Gasteiger partial charge < -0.3 is 5.32 Å². The lowest BCUT2D eigenvalue weighted by atomic mass is 10.00. The Morgan fingerprint density at radius 1 is 0.917 bits per heavy atom. The predicted molar refractivity (Wildman–Crippen MR) is 97.7 cm³/mol. The molecule has 1 atom stereocenters. The molecule has 24 heavy (non-hydrogen) atoms. The van der Waals surface area contributed by atoms with Crippen LogP contribution in [0.25, 0.3) is 10.8 Å². The van der Waals surface area contributed by atoms with Crippen LogP contribution < -0.4 is 5.32 Å². The van der Waals surface area contributed by atoms with E-state index in [1.54, 1.807) is 0 Å². The van der Waals surface area contributed by atoms with Gasteiger partial charge in [-0.3, -0.25) is 4.79 Å². The first-order valence-electron chi connectivity index (χ1n) is 8.62. The third-order valence-corrected chi connectivity index (χ3v) is 4.80. The Bertz CT molecular complexity index is 847. The average molecular weight is 315 g/mol. The van der Waals surface area contributed by atoms with Gasteiger partial charge in [0.25, 0.3) is 0 Å². The second kappa shape index (κ2) is 6.48. The highest BCUT2D eigenvalue weighted by atomic mass is 16.1. The van der Waals surface area contributed by atoms with E-state index in [4.69, 9.17) is 0 Å². The van der Waals surface area contributed by atoms with E-state index >= 15 is 0 Å². The van der Waals surface area contributed by atoms with Gasteiger partial charge in [0.2, 0.25) is 5.91 Å². The summed E-state index contributed by atoms with van der Waals surface area (Å²) in [6, 6.07) is 24.9. The number of rotatable bonds is 5. The van der Waals surface area contributed by atoms with Crippen molar-refractivity contribution in [2.24, 2.45) is 5.92 Å². The van der Waals surface area contributed by atoms with Gasteiger partial charge in [-0.1, -0.05) is 72.8 Å². The summed E-state index contributed by atoms with van der Waals surface area (Å²) in [7, 11) is 0. The molecule has 0 aliphatic heterocycles. The van der Waals surface area contributed by atoms with Gasteiger partial charge in [-0.05, 0) is 40.7 Å². The molecule has 4 rings (SSSR count). The third-order valence-electron chi connectivity index (χ3n) is 4.80. The van der Waals surface area contributed by atoms with Crippen LogP contribution in [0.1, 0.15) is 30.0 Å². The molecule has 1 unspecified atom stereocenters. The number of hydrogen-bond acceptors (Lipinski definition) is 1. The second-order valence-electron chi connectivity index (χ2n) is 6.61. The molecule has 1 aliphatic rings. The number of fused-ring (bicyclic) bond motifs is 1. The molecular formula is C22H21NO. The molecule has 2 nitrogen and oxygen atoms in total. The number of nitrogens with one attached hydrogen (secondary N) is 1. The van der Waals surface area contributed by atoms with Crippen molar-refractivity contribution in [3.63, 3.8) is 0 Å². The van der Waals surface area contributed by atoms with E-state index in [1.165, 1.54) is 23.8 Å². The normalized spacial score (nSPS) is 15.2.